The number of aromatic nitrogens is 2. The molecule has 4 N–H and O–H groups in total. The summed E-state index contributed by atoms with van der Waals surface area (Å²) in [6, 6.07) is 5.36. The Morgan fingerprint density at radius 1 is 1.44 bits per heavy atom. The predicted molar refractivity (Wildman–Crippen MR) is 94.5 cm³/mol. The summed E-state index contributed by atoms with van der Waals surface area (Å²) in [5, 5.41) is 14.5. The molecule has 9 heteroatoms. The fourth-order valence-electron chi connectivity index (χ4n) is 2.80. The molecule has 0 aliphatic carbocycles. The molecule has 0 spiro atoms. The molecule has 1 aromatic heterocycles. The number of nitrogens with one attached hydrogen (secondary N) is 2. The van der Waals surface area contributed by atoms with Gasteiger partial charge in [-0.3, -0.25) is 9.59 Å². The van der Waals surface area contributed by atoms with Crippen LogP contribution in [0, 0.1) is 0 Å². The van der Waals surface area contributed by atoms with E-state index in [1.165, 1.54) is 18.4 Å². The number of ether oxygens (including phenoxy) is 1. The van der Waals surface area contributed by atoms with Gasteiger partial charge < -0.3 is 21.1 Å². The highest BCUT2D eigenvalue weighted by Crippen LogP contribution is 2.39. The Hall–Kier alpha value is -2.68. The minimum atomic E-state index is -0.751. The summed E-state index contributed by atoms with van der Waals surface area (Å²) in [6.45, 7) is 3.64. The van der Waals surface area contributed by atoms with Gasteiger partial charge in [0.25, 0.3) is 0 Å². The first kappa shape index (κ1) is 17.2. The zero-order valence-electron chi connectivity index (χ0n) is 14.1. The molecule has 0 unspecified atom stereocenters. The number of anilines is 2. The van der Waals surface area contributed by atoms with Gasteiger partial charge in [0, 0.05) is 6.42 Å². The van der Waals surface area contributed by atoms with Crippen molar-refractivity contribution >= 4 is 34.0 Å². The van der Waals surface area contributed by atoms with Crippen molar-refractivity contribution in [3.8, 4) is 5.75 Å². The summed E-state index contributed by atoms with van der Waals surface area (Å²) in [6.07, 6.45) is 0.0698. The van der Waals surface area contributed by atoms with Gasteiger partial charge in [-0.05, 0) is 25.5 Å². The largest absolute Gasteiger partial charge is 0.495 e. The maximum atomic E-state index is 12.9. The Kier molecular flexibility index (Phi) is 4.34. The molecule has 2 heterocycles. The van der Waals surface area contributed by atoms with Crippen molar-refractivity contribution in [3.05, 3.63) is 28.8 Å². The van der Waals surface area contributed by atoms with Crippen LogP contribution in [0.3, 0.4) is 0 Å². The standard InChI is InChI=1S/C16H19N5O3S/c1-16(2,14-20-21-15(17)25-14)19-13(23)9-7-11(22)18-12-8(9)5-4-6-10(12)24-3/h4-6,9H,7H2,1-3H3,(H2,17,21)(H,18,22)(H,19,23)/t9-/m1/s1. The van der Waals surface area contributed by atoms with Gasteiger partial charge in [0.05, 0.1) is 24.3 Å². The lowest BCUT2D eigenvalue weighted by Crippen LogP contribution is -2.45. The summed E-state index contributed by atoms with van der Waals surface area (Å²) in [5.41, 5.74) is 6.14. The monoisotopic (exact) mass is 361 g/mol. The topological polar surface area (TPSA) is 119 Å². The van der Waals surface area contributed by atoms with E-state index in [9.17, 15) is 9.59 Å². The molecule has 0 radical (unpaired) electrons. The van der Waals surface area contributed by atoms with E-state index in [1.807, 2.05) is 19.9 Å². The second-order valence-electron chi connectivity index (χ2n) is 6.29. The second-order valence-corrected chi connectivity index (χ2v) is 7.30. The molecule has 8 nitrogen and oxygen atoms in total. The van der Waals surface area contributed by atoms with E-state index in [2.05, 4.69) is 20.8 Å². The van der Waals surface area contributed by atoms with E-state index in [4.69, 9.17) is 10.5 Å². The second kappa shape index (κ2) is 6.32. The van der Waals surface area contributed by atoms with E-state index >= 15 is 0 Å². The number of methoxy groups -OCH3 is 1. The van der Waals surface area contributed by atoms with Crippen LogP contribution in [0.4, 0.5) is 10.8 Å². The fraction of sp³-hybridized carbons (Fsp3) is 0.375. The molecule has 1 aliphatic rings. The molecule has 1 aromatic carbocycles. The molecule has 132 valence electrons. The molecule has 25 heavy (non-hydrogen) atoms. The Balaban J connectivity index is 1.89. The van der Waals surface area contributed by atoms with Crippen molar-refractivity contribution in [2.45, 2.75) is 31.7 Å². The molecule has 0 fully saturated rings. The minimum Gasteiger partial charge on any atom is -0.495 e. The van der Waals surface area contributed by atoms with Crippen LogP contribution in [0.15, 0.2) is 18.2 Å². The number of rotatable bonds is 4. The van der Waals surface area contributed by atoms with E-state index in [-0.39, 0.29) is 18.2 Å². The van der Waals surface area contributed by atoms with E-state index < -0.39 is 11.5 Å². The van der Waals surface area contributed by atoms with Crippen LogP contribution >= 0.6 is 11.3 Å². The maximum Gasteiger partial charge on any atom is 0.228 e. The van der Waals surface area contributed by atoms with Gasteiger partial charge in [-0.2, -0.15) is 0 Å². The van der Waals surface area contributed by atoms with Crippen molar-refractivity contribution in [1.29, 1.82) is 0 Å². The number of nitrogen functional groups attached to an aromatic ring is 1. The van der Waals surface area contributed by atoms with Crippen LogP contribution < -0.4 is 21.1 Å². The zero-order chi connectivity index (χ0) is 18.2. The number of carbonyl (C=O) groups excluding carboxylic acids is 2. The van der Waals surface area contributed by atoms with Gasteiger partial charge in [0.15, 0.2) is 0 Å². The highest BCUT2D eigenvalue weighted by molar-refractivity contribution is 7.15. The van der Waals surface area contributed by atoms with Gasteiger partial charge in [0.2, 0.25) is 16.9 Å². The first-order valence-corrected chi connectivity index (χ1v) is 8.51. The normalized spacial score (nSPS) is 16.8. The third kappa shape index (κ3) is 3.27. The number of para-hydroxylation sites is 1. The van der Waals surface area contributed by atoms with Crippen molar-refractivity contribution in [2.24, 2.45) is 0 Å². The minimum absolute atomic E-state index is 0.0698. The van der Waals surface area contributed by atoms with Crippen LogP contribution in [0.5, 0.6) is 5.75 Å². The summed E-state index contributed by atoms with van der Waals surface area (Å²) >= 11 is 1.22. The maximum absolute atomic E-state index is 12.9. The quantitative estimate of drug-likeness (QED) is 0.761. The van der Waals surface area contributed by atoms with Gasteiger partial charge in [-0.25, -0.2) is 0 Å². The van der Waals surface area contributed by atoms with Gasteiger partial charge in [-0.1, -0.05) is 23.5 Å². The van der Waals surface area contributed by atoms with Crippen LogP contribution in [-0.4, -0.2) is 29.1 Å². The van der Waals surface area contributed by atoms with Gasteiger partial charge in [0.1, 0.15) is 10.8 Å². The highest BCUT2D eigenvalue weighted by Gasteiger charge is 2.36. The van der Waals surface area contributed by atoms with Crippen molar-refractivity contribution in [3.63, 3.8) is 0 Å². The summed E-state index contributed by atoms with van der Waals surface area (Å²) in [4.78, 5) is 25.0. The van der Waals surface area contributed by atoms with Crippen molar-refractivity contribution in [1.82, 2.24) is 15.5 Å². The molecule has 1 aliphatic heterocycles. The van der Waals surface area contributed by atoms with Crippen LogP contribution in [0.2, 0.25) is 0 Å². The van der Waals surface area contributed by atoms with Crippen LogP contribution in [0.25, 0.3) is 0 Å². The lowest BCUT2D eigenvalue weighted by Gasteiger charge is -2.30. The predicted octanol–water partition coefficient (Wildman–Crippen LogP) is 1.61. The molecule has 2 amide bonds. The number of carbonyl (C=O) groups is 2. The molecule has 0 bridgehead atoms. The van der Waals surface area contributed by atoms with Crippen LogP contribution in [0.1, 0.15) is 36.8 Å². The average molecular weight is 361 g/mol. The Morgan fingerprint density at radius 2 is 2.20 bits per heavy atom. The molecular weight excluding hydrogens is 342 g/mol. The lowest BCUT2D eigenvalue weighted by atomic mass is 9.88. The van der Waals surface area contributed by atoms with Crippen molar-refractivity contribution in [2.75, 3.05) is 18.2 Å². The number of nitrogens with two attached hydrogens (primary N) is 1. The van der Waals surface area contributed by atoms with E-state index in [0.29, 0.717) is 21.6 Å². The Morgan fingerprint density at radius 3 is 2.84 bits per heavy atom. The summed E-state index contributed by atoms with van der Waals surface area (Å²) in [5.74, 6) is -0.568. The average Bonchev–Trinajstić information content (AvgIpc) is 3.00. The first-order chi connectivity index (χ1) is 11.8. The number of hydrogen-bond acceptors (Lipinski definition) is 7. The first-order valence-electron chi connectivity index (χ1n) is 7.70. The summed E-state index contributed by atoms with van der Waals surface area (Å²) in [7, 11) is 1.52. The SMILES string of the molecule is COc1cccc2c1NC(=O)C[C@H]2C(=O)NC(C)(C)c1nnc(N)s1. The van der Waals surface area contributed by atoms with E-state index in [0.717, 1.165) is 5.56 Å². The molecular formula is C16H19N5O3S. The molecule has 0 saturated carbocycles. The zero-order valence-corrected chi connectivity index (χ0v) is 14.9. The lowest BCUT2D eigenvalue weighted by molar-refractivity contribution is -0.127. The third-order valence-corrected chi connectivity index (χ3v) is 5.11. The number of amides is 2. The number of nitrogens with zero attached hydrogens (tertiary/aromatic N) is 2. The molecule has 1 atom stereocenters. The molecule has 0 saturated heterocycles. The van der Waals surface area contributed by atoms with E-state index in [1.54, 1.807) is 12.1 Å². The number of benzene rings is 1. The Bertz CT molecular complexity index is 833. The molecule has 3 rings (SSSR count). The fourth-order valence-corrected chi connectivity index (χ4v) is 3.47. The third-order valence-electron chi connectivity index (χ3n) is 4.04. The van der Waals surface area contributed by atoms with Crippen molar-refractivity contribution < 1.29 is 14.3 Å². The molecule has 2 aromatic rings. The smallest absolute Gasteiger partial charge is 0.228 e. The van der Waals surface area contributed by atoms with Gasteiger partial charge in [-0.15, -0.1) is 10.2 Å². The van der Waals surface area contributed by atoms with Gasteiger partial charge >= 0.3 is 0 Å². The van der Waals surface area contributed by atoms with Crippen LogP contribution in [-0.2, 0) is 15.1 Å². The summed E-state index contributed by atoms with van der Waals surface area (Å²) < 4.78 is 5.29. The number of fused-ring (bicyclic) bond motifs is 1. The highest BCUT2D eigenvalue weighted by atomic mass is 32.1. The Labute approximate surface area is 148 Å². The number of hydrogen-bond donors (Lipinski definition) is 3.